The third-order valence-electron chi connectivity index (χ3n) is 5.26. The van der Waals surface area contributed by atoms with E-state index in [1.165, 1.54) is 0 Å². The number of likely N-dealkylation sites (N-methyl/N-ethyl adjacent to an activating group) is 1. The zero-order valence-corrected chi connectivity index (χ0v) is 20.7. The highest BCUT2D eigenvalue weighted by Gasteiger charge is 2.15. The highest BCUT2D eigenvalue weighted by molar-refractivity contribution is 14.0. The van der Waals surface area contributed by atoms with E-state index in [2.05, 4.69) is 55.2 Å². The standard InChI is InChI=1S/C22H32N6O.HI/c1-23-22(27(3)17-19-7-5-6-8-20(19)29-4)25-16-18-9-10-21(24-15-18)28-13-11-26(2)12-14-28;/h5-10,15H,11-14,16-17H2,1-4H3,(H,23,25);1H. The second kappa shape index (κ2) is 11.9. The molecule has 30 heavy (non-hydrogen) atoms. The zero-order valence-electron chi connectivity index (χ0n) is 18.3. The van der Waals surface area contributed by atoms with Crippen molar-refractivity contribution < 1.29 is 4.74 Å². The Morgan fingerprint density at radius 1 is 1.17 bits per heavy atom. The first-order chi connectivity index (χ1) is 14.1. The molecule has 1 aromatic heterocycles. The van der Waals surface area contributed by atoms with E-state index in [1.807, 2.05) is 31.4 Å². The molecule has 0 atom stereocenters. The first-order valence-electron chi connectivity index (χ1n) is 10.0. The topological polar surface area (TPSA) is 56.2 Å². The first kappa shape index (κ1) is 24.2. The Bertz CT molecular complexity index is 806. The van der Waals surface area contributed by atoms with Crippen LogP contribution in [0.5, 0.6) is 5.75 Å². The molecule has 1 fully saturated rings. The van der Waals surface area contributed by atoms with Crippen molar-refractivity contribution in [2.24, 2.45) is 4.99 Å². The zero-order chi connectivity index (χ0) is 20.6. The van der Waals surface area contributed by atoms with Gasteiger partial charge >= 0.3 is 0 Å². The summed E-state index contributed by atoms with van der Waals surface area (Å²) in [7, 11) is 7.69. The molecular formula is C22H33IN6O. The van der Waals surface area contributed by atoms with Gasteiger partial charge < -0.3 is 24.8 Å². The number of guanidine groups is 1. The van der Waals surface area contributed by atoms with Crippen LogP contribution in [0.15, 0.2) is 47.6 Å². The van der Waals surface area contributed by atoms with E-state index in [0.29, 0.717) is 13.1 Å². The minimum atomic E-state index is 0. The van der Waals surface area contributed by atoms with Crippen molar-refractivity contribution in [2.75, 3.05) is 59.3 Å². The van der Waals surface area contributed by atoms with Gasteiger partial charge in [0.05, 0.1) is 7.11 Å². The van der Waals surface area contributed by atoms with Crippen LogP contribution >= 0.6 is 24.0 Å². The maximum absolute atomic E-state index is 5.45. The molecule has 0 unspecified atom stereocenters. The fraction of sp³-hybridized carbons (Fsp3) is 0.455. The van der Waals surface area contributed by atoms with E-state index in [9.17, 15) is 0 Å². The van der Waals surface area contributed by atoms with Gasteiger partial charge in [0.15, 0.2) is 5.96 Å². The summed E-state index contributed by atoms with van der Waals surface area (Å²) in [5, 5.41) is 3.42. The number of ether oxygens (including phenoxy) is 1. The molecule has 1 aliphatic heterocycles. The maximum atomic E-state index is 5.45. The van der Waals surface area contributed by atoms with Crippen molar-refractivity contribution in [1.82, 2.24) is 20.1 Å². The number of piperazine rings is 1. The summed E-state index contributed by atoms with van der Waals surface area (Å²) in [4.78, 5) is 15.9. The Morgan fingerprint density at radius 2 is 1.90 bits per heavy atom. The molecule has 1 N–H and O–H groups in total. The Kier molecular flexibility index (Phi) is 9.64. The molecule has 0 bridgehead atoms. The SMILES string of the molecule is CN=C(NCc1ccc(N2CCN(C)CC2)nc1)N(C)Cc1ccccc1OC.I. The van der Waals surface area contributed by atoms with Crippen LogP contribution < -0.4 is 15.0 Å². The third-order valence-corrected chi connectivity index (χ3v) is 5.26. The molecule has 2 heterocycles. The van der Waals surface area contributed by atoms with Crippen LogP contribution in [0.2, 0.25) is 0 Å². The first-order valence-corrected chi connectivity index (χ1v) is 10.0. The number of hydrogen-bond acceptors (Lipinski definition) is 5. The molecule has 0 aliphatic carbocycles. The molecule has 7 nitrogen and oxygen atoms in total. The van der Waals surface area contributed by atoms with Gasteiger partial charge in [-0.2, -0.15) is 0 Å². The van der Waals surface area contributed by atoms with Gasteiger partial charge in [0.1, 0.15) is 11.6 Å². The monoisotopic (exact) mass is 524 g/mol. The lowest BCUT2D eigenvalue weighted by Gasteiger charge is -2.33. The Hall–Kier alpha value is -2.07. The molecule has 8 heteroatoms. The summed E-state index contributed by atoms with van der Waals surface area (Å²) in [5.41, 5.74) is 2.26. The quantitative estimate of drug-likeness (QED) is 0.357. The molecule has 0 saturated carbocycles. The van der Waals surface area contributed by atoms with Crippen molar-refractivity contribution in [3.05, 3.63) is 53.7 Å². The van der Waals surface area contributed by atoms with E-state index in [0.717, 1.165) is 54.8 Å². The number of nitrogens with one attached hydrogen (secondary N) is 1. The predicted molar refractivity (Wildman–Crippen MR) is 134 cm³/mol. The lowest BCUT2D eigenvalue weighted by molar-refractivity contribution is 0.312. The molecule has 3 rings (SSSR count). The fourth-order valence-electron chi connectivity index (χ4n) is 3.47. The molecule has 1 aliphatic rings. The largest absolute Gasteiger partial charge is 0.496 e. The van der Waals surface area contributed by atoms with Crippen molar-refractivity contribution in [3.8, 4) is 5.75 Å². The van der Waals surface area contributed by atoms with Gasteiger partial charge in [0, 0.05) is 65.1 Å². The van der Waals surface area contributed by atoms with E-state index in [1.54, 1.807) is 14.2 Å². The van der Waals surface area contributed by atoms with Gasteiger partial charge in [-0.05, 0) is 24.7 Å². The highest BCUT2D eigenvalue weighted by Crippen LogP contribution is 2.19. The van der Waals surface area contributed by atoms with Crippen LogP contribution in [0.25, 0.3) is 0 Å². The average Bonchev–Trinajstić information content (AvgIpc) is 2.75. The number of hydrogen-bond donors (Lipinski definition) is 1. The van der Waals surface area contributed by atoms with Crippen LogP contribution in [0.3, 0.4) is 0 Å². The van der Waals surface area contributed by atoms with Crippen molar-refractivity contribution >= 4 is 35.8 Å². The number of anilines is 1. The van der Waals surface area contributed by atoms with E-state index in [4.69, 9.17) is 4.74 Å². The van der Waals surface area contributed by atoms with Gasteiger partial charge in [-0.25, -0.2) is 4.98 Å². The summed E-state index contributed by atoms with van der Waals surface area (Å²) in [5.74, 6) is 2.78. The summed E-state index contributed by atoms with van der Waals surface area (Å²) < 4.78 is 5.45. The third kappa shape index (κ3) is 6.46. The van der Waals surface area contributed by atoms with Crippen molar-refractivity contribution in [1.29, 1.82) is 0 Å². The van der Waals surface area contributed by atoms with Crippen molar-refractivity contribution in [3.63, 3.8) is 0 Å². The van der Waals surface area contributed by atoms with Crippen LogP contribution in [0.1, 0.15) is 11.1 Å². The summed E-state index contributed by atoms with van der Waals surface area (Å²) in [6.07, 6.45) is 1.95. The lowest BCUT2D eigenvalue weighted by Crippen LogP contribution is -2.44. The summed E-state index contributed by atoms with van der Waals surface area (Å²) >= 11 is 0. The number of aliphatic imine (C=N–C) groups is 1. The number of nitrogens with zero attached hydrogens (tertiary/aromatic N) is 5. The van der Waals surface area contributed by atoms with E-state index in [-0.39, 0.29) is 24.0 Å². The Balaban J connectivity index is 0.00000320. The fourth-order valence-corrected chi connectivity index (χ4v) is 3.47. The van der Waals surface area contributed by atoms with Gasteiger partial charge in [-0.3, -0.25) is 4.99 Å². The number of rotatable bonds is 6. The molecule has 0 spiro atoms. The number of pyridine rings is 1. The number of halogens is 1. The number of methoxy groups -OCH3 is 1. The molecule has 1 saturated heterocycles. The molecule has 2 aromatic rings. The Morgan fingerprint density at radius 3 is 2.53 bits per heavy atom. The van der Waals surface area contributed by atoms with E-state index < -0.39 is 0 Å². The van der Waals surface area contributed by atoms with Gasteiger partial charge in [-0.15, -0.1) is 24.0 Å². The smallest absolute Gasteiger partial charge is 0.193 e. The minimum absolute atomic E-state index is 0. The molecular weight excluding hydrogens is 491 g/mol. The van der Waals surface area contributed by atoms with Crippen LogP contribution in [0.4, 0.5) is 5.82 Å². The number of benzene rings is 1. The number of aromatic nitrogens is 1. The number of para-hydroxylation sites is 1. The predicted octanol–water partition coefficient (Wildman–Crippen LogP) is 2.67. The van der Waals surface area contributed by atoms with E-state index >= 15 is 0 Å². The summed E-state index contributed by atoms with van der Waals surface area (Å²) in [6, 6.07) is 12.3. The van der Waals surface area contributed by atoms with Gasteiger partial charge in [0.25, 0.3) is 0 Å². The van der Waals surface area contributed by atoms with Crippen LogP contribution in [-0.2, 0) is 13.1 Å². The second-order valence-corrected chi connectivity index (χ2v) is 7.38. The minimum Gasteiger partial charge on any atom is -0.496 e. The Labute approximate surface area is 197 Å². The molecule has 164 valence electrons. The summed E-state index contributed by atoms with van der Waals surface area (Å²) in [6.45, 7) is 5.62. The lowest BCUT2D eigenvalue weighted by atomic mass is 10.2. The molecule has 1 aromatic carbocycles. The van der Waals surface area contributed by atoms with Crippen LogP contribution in [-0.4, -0.2) is 75.2 Å². The average molecular weight is 524 g/mol. The van der Waals surface area contributed by atoms with Crippen molar-refractivity contribution in [2.45, 2.75) is 13.1 Å². The van der Waals surface area contributed by atoms with Gasteiger partial charge in [0.2, 0.25) is 0 Å². The molecule has 0 amide bonds. The highest BCUT2D eigenvalue weighted by atomic mass is 127. The second-order valence-electron chi connectivity index (χ2n) is 7.38. The normalized spacial score (nSPS) is 14.8. The molecule has 0 radical (unpaired) electrons. The van der Waals surface area contributed by atoms with Gasteiger partial charge in [-0.1, -0.05) is 24.3 Å². The maximum Gasteiger partial charge on any atom is 0.193 e. The van der Waals surface area contributed by atoms with Crippen LogP contribution in [0, 0.1) is 0 Å².